The van der Waals surface area contributed by atoms with Crippen molar-refractivity contribution < 1.29 is 4.79 Å². The molecule has 1 saturated heterocycles. The lowest BCUT2D eigenvalue weighted by molar-refractivity contribution is -0.115. The van der Waals surface area contributed by atoms with Gasteiger partial charge in [0.15, 0.2) is 0 Å². The summed E-state index contributed by atoms with van der Waals surface area (Å²) in [5.41, 5.74) is 0.251. The number of hydrogen-bond acceptors (Lipinski definition) is 2. The zero-order chi connectivity index (χ0) is 12.4. The van der Waals surface area contributed by atoms with Gasteiger partial charge in [-0.15, -0.1) is 0 Å². The van der Waals surface area contributed by atoms with Crippen LogP contribution >= 0.6 is 0 Å². The summed E-state index contributed by atoms with van der Waals surface area (Å²) in [7, 11) is 0. The zero-order valence-corrected chi connectivity index (χ0v) is 11.5. The summed E-state index contributed by atoms with van der Waals surface area (Å²) in [6, 6.07) is 0. The van der Waals surface area contributed by atoms with Gasteiger partial charge < -0.3 is 9.69 Å². The van der Waals surface area contributed by atoms with E-state index in [1.54, 1.807) is 0 Å². The Kier molecular flexibility index (Phi) is 4.17. The highest BCUT2D eigenvalue weighted by molar-refractivity contribution is 5.58. The third-order valence-corrected chi connectivity index (χ3v) is 3.76. The Hall–Kier alpha value is -0.370. The predicted octanol–water partition coefficient (Wildman–Crippen LogP) is 2.97. The van der Waals surface area contributed by atoms with E-state index in [0.717, 1.165) is 31.8 Å². The first-order valence-electron chi connectivity index (χ1n) is 6.43. The van der Waals surface area contributed by atoms with Crippen LogP contribution in [0.4, 0.5) is 0 Å². The van der Waals surface area contributed by atoms with E-state index in [1.807, 2.05) is 13.8 Å². The second-order valence-corrected chi connectivity index (χ2v) is 7.02. The van der Waals surface area contributed by atoms with Gasteiger partial charge in [0.1, 0.15) is 6.29 Å². The van der Waals surface area contributed by atoms with Crippen molar-refractivity contribution in [2.75, 3.05) is 19.6 Å². The highest BCUT2D eigenvalue weighted by Gasteiger charge is 2.30. The van der Waals surface area contributed by atoms with Gasteiger partial charge in [-0.25, -0.2) is 0 Å². The molecule has 0 aromatic carbocycles. The van der Waals surface area contributed by atoms with Gasteiger partial charge >= 0.3 is 0 Å². The first-order chi connectivity index (χ1) is 7.24. The molecule has 0 unspecified atom stereocenters. The lowest BCUT2D eigenvalue weighted by Crippen LogP contribution is -2.42. The van der Waals surface area contributed by atoms with Crippen molar-refractivity contribution in [3.63, 3.8) is 0 Å². The van der Waals surface area contributed by atoms with Crippen LogP contribution in [-0.2, 0) is 4.79 Å². The quantitative estimate of drug-likeness (QED) is 0.688. The number of aldehydes is 1. The number of carbonyl (C=O) groups is 1. The van der Waals surface area contributed by atoms with Crippen LogP contribution in [0.1, 0.15) is 47.5 Å². The SMILES string of the molecule is CC(C)(C=O)CN1CCC(C(C)(C)C)CC1. The minimum atomic E-state index is -0.186. The van der Waals surface area contributed by atoms with E-state index in [4.69, 9.17) is 0 Å². The van der Waals surface area contributed by atoms with Crippen molar-refractivity contribution >= 4 is 6.29 Å². The fraction of sp³-hybridized carbons (Fsp3) is 0.929. The molecule has 0 aliphatic carbocycles. The van der Waals surface area contributed by atoms with Crippen LogP contribution < -0.4 is 0 Å². The Bertz CT molecular complexity index is 232. The molecule has 0 atom stereocenters. The molecular weight excluding hydrogens is 198 g/mol. The van der Waals surface area contributed by atoms with Crippen molar-refractivity contribution in [1.82, 2.24) is 4.90 Å². The Morgan fingerprint density at radius 1 is 1.12 bits per heavy atom. The van der Waals surface area contributed by atoms with Crippen LogP contribution in [0.3, 0.4) is 0 Å². The number of likely N-dealkylation sites (tertiary alicyclic amines) is 1. The molecule has 1 aliphatic rings. The lowest BCUT2D eigenvalue weighted by Gasteiger charge is -2.40. The van der Waals surface area contributed by atoms with Gasteiger partial charge in [0.25, 0.3) is 0 Å². The molecule has 2 nitrogen and oxygen atoms in total. The second-order valence-electron chi connectivity index (χ2n) is 7.02. The van der Waals surface area contributed by atoms with Gasteiger partial charge in [-0.05, 0) is 37.3 Å². The number of hydrogen-bond donors (Lipinski definition) is 0. The van der Waals surface area contributed by atoms with E-state index < -0.39 is 0 Å². The minimum absolute atomic E-state index is 0.186. The fourth-order valence-electron chi connectivity index (χ4n) is 2.57. The predicted molar refractivity (Wildman–Crippen MR) is 68.5 cm³/mol. The maximum absolute atomic E-state index is 10.9. The molecule has 0 N–H and O–H groups in total. The number of piperidine rings is 1. The molecule has 1 aliphatic heterocycles. The average Bonchev–Trinajstić information content (AvgIpc) is 2.16. The van der Waals surface area contributed by atoms with Gasteiger partial charge in [0.05, 0.1) is 0 Å². The summed E-state index contributed by atoms with van der Waals surface area (Å²) in [5, 5.41) is 0. The van der Waals surface area contributed by atoms with E-state index in [0.29, 0.717) is 5.41 Å². The molecule has 2 heteroatoms. The van der Waals surface area contributed by atoms with Crippen LogP contribution in [0.2, 0.25) is 0 Å². The summed E-state index contributed by atoms with van der Waals surface area (Å²) >= 11 is 0. The normalized spacial score (nSPS) is 21.1. The van der Waals surface area contributed by atoms with Gasteiger partial charge in [-0.1, -0.05) is 34.6 Å². The van der Waals surface area contributed by atoms with Crippen LogP contribution in [0.25, 0.3) is 0 Å². The standard InChI is InChI=1S/C14H27NO/c1-13(2,3)12-6-8-15(9-7-12)10-14(4,5)11-16/h11-12H,6-10H2,1-5H3. The van der Waals surface area contributed by atoms with Gasteiger partial charge in [-0.2, -0.15) is 0 Å². The summed E-state index contributed by atoms with van der Waals surface area (Å²) < 4.78 is 0. The third-order valence-electron chi connectivity index (χ3n) is 3.76. The van der Waals surface area contributed by atoms with Crippen molar-refractivity contribution in [1.29, 1.82) is 0 Å². The first-order valence-corrected chi connectivity index (χ1v) is 6.43. The Labute approximate surface area is 100 Å². The highest BCUT2D eigenvalue weighted by atomic mass is 16.1. The van der Waals surface area contributed by atoms with E-state index >= 15 is 0 Å². The molecule has 1 rings (SSSR count). The molecule has 0 spiro atoms. The van der Waals surface area contributed by atoms with Gasteiger partial charge in [0.2, 0.25) is 0 Å². The van der Waals surface area contributed by atoms with Crippen LogP contribution in [0.15, 0.2) is 0 Å². The molecule has 0 radical (unpaired) electrons. The van der Waals surface area contributed by atoms with Gasteiger partial charge in [0, 0.05) is 12.0 Å². The molecular formula is C14H27NO. The molecule has 0 aromatic heterocycles. The summed E-state index contributed by atoms with van der Waals surface area (Å²) in [4.78, 5) is 13.3. The van der Waals surface area contributed by atoms with Gasteiger partial charge in [-0.3, -0.25) is 0 Å². The van der Waals surface area contributed by atoms with Crippen LogP contribution in [-0.4, -0.2) is 30.8 Å². The molecule has 0 bridgehead atoms. The molecule has 1 fully saturated rings. The topological polar surface area (TPSA) is 20.3 Å². The molecule has 0 saturated carbocycles. The van der Waals surface area contributed by atoms with Crippen molar-refractivity contribution in [3.05, 3.63) is 0 Å². The smallest absolute Gasteiger partial charge is 0.126 e. The fourth-order valence-corrected chi connectivity index (χ4v) is 2.57. The average molecular weight is 225 g/mol. The second kappa shape index (κ2) is 4.87. The lowest BCUT2D eigenvalue weighted by atomic mass is 9.75. The van der Waals surface area contributed by atoms with E-state index in [2.05, 4.69) is 25.7 Å². The Morgan fingerprint density at radius 3 is 2.00 bits per heavy atom. The number of nitrogens with zero attached hydrogens (tertiary/aromatic N) is 1. The maximum Gasteiger partial charge on any atom is 0.126 e. The third kappa shape index (κ3) is 3.89. The van der Waals surface area contributed by atoms with E-state index in [9.17, 15) is 4.79 Å². The molecule has 0 amide bonds. The summed E-state index contributed by atoms with van der Waals surface area (Å²) in [6.07, 6.45) is 3.64. The molecule has 94 valence electrons. The van der Waals surface area contributed by atoms with Crippen LogP contribution in [0.5, 0.6) is 0 Å². The first kappa shape index (κ1) is 13.7. The zero-order valence-electron chi connectivity index (χ0n) is 11.5. The number of carbonyl (C=O) groups excluding carboxylic acids is 1. The Morgan fingerprint density at radius 2 is 1.62 bits per heavy atom. The number of rotatable bonds is 3. The van der Waals surface area contributed by atoms with E-state index in [1.165, 1.54) is 12.8 Å². The summed E-state index contributed by atoms with van der Waals surface area (Å²) in [5.74, 6) is 0.836. The molecule has 0 aromatic rings. The van der Waals surface area contributed by atoms with E-state index in [-0.39, 0.29) is 5.41 Å². The Balaban J connectivity index is 2.41. The largest absolute Gasteiger partial charge is 0.303 e. The van der Waals surface area contributed by atoms with Crippen molar-refractivity contribution in [2.24, 2.45) is 16.7 Å². The molecule has 1 heterocycles. The van der Waals surface area contributed by atoms with Crippen LogP contribution in [0, 0.1) is 16.7 Å². The minimum Gasteiger partial charge on any atom is -0.303 e. The summed E-state index contributed by atoms with van der Waals surface area (Å²) in [6.45, 7) is 14.3. The maximum atomic E-state index is 10.9. The van der Waals surface area contributed by atoms with Crippen molar-refractivity contribution in [2.45, 2.75) is 47.5 Å². The molecule has 16 heavy (non-hydrogen) atoms. The highest BCUT2D eigenvalue weighted by Crippen LogP contribution is 2.34. The van der Waals surface area contributed by atoms with Crippen molar-refractivity contribution in [3.8, 4) is 0 Å². The monoisotopic (exact) mass is 225 g/mol.